The molecule has 1 aliphatic heterocycles. The monoisotopic (exact) mass is 594 g/mol. The number of ether oxygens (including phenoxy) is 2. The van der Waals surface area contributed by atoms with Crippen molar-refractivity contribution in [1.29, 1.82) is 0 Å². The van der Waals surface area contributed by atoms with Crippen LogP contribution in [0, 0.1) is 59.2 Å². The van der Waals surface area contributed by atoms with Crippen LogP contribution in [-0.4, -0.2) is 18.8 Å². The normalized spacial score (nSPS) is 52.7. The van der Waals surface area contributed by atoms with Gasteiger partial charge in [-0.25, -0.2) is 0 Å². The van der Waals surface area contributed by atoms with Gasteiger partial charge in [-0.3, -0.25) is 0 Å². The van der Waals surface area contributed by atoms with Gasteiger partial charge in [0.25, 0.3) is 0 Å². The highest BCUT2D eigenvalue weighted by molar-refractivity contribution is 5.58. The summed E-state index contributed by atoms with van der Waals surface area (Å²) in [6.45, 7) is 5.64. The van der Waals surface area contributed by atoms with Crippen LogP contribution in [0.2, 0.25) is 0 Å². The van der Waals surface area contributed by atoms with E-state index in [2.05, 4.69) is 26.0 Å². The second-order valence-corrected chi connectivity index (χ2v) is 20.2. The SMILES string of the molecule is CC(C)C(Oc1ccc(C23CC4CC(CC(C4)C2)C3)c(C23CC4CC(CC(C4)C2)C3)c1C12CC3CC(CC(C3)C1)C2)C1CO1. The molecule has 0 N–H and O–H groups in total. The summed E-state index contributed by atoms with van der Waals surface area (Å²) in [6, 6.07) is 5.36. The third-order valence-corrected chi connectivity index (χ3v) is 16.6. The maximum absolute atomic E-state index is 7.47. The standard InChI is InChI=1S/C42H58O2/c1-24(2)39(36-23-43-36)44-35-4-3-34(40-14-25-5-26(15-40)7-27(6-25)16-40)37(41-17-28-8-29(18-41)10-30(9-28)19-41)38(35)42-20-31-11-32(21-42)13-33(12-31)22-42/h3-4,24-33,36,39H,5-23H2,1-2H3. The van der Waals surface area contributed by atoms with E-state index in [4.69, 9.17) is 9.47 Å². The average molecular weight is 595 g/mol. The lowest BCUT2D eigenvalue weighted by Gasteiger charge is -2.63. The zero-order valence-electron chi connectivity index (χ0n) is 27.8. The first-order valence-electron chi connectivity index (χ1n) is 19.8. The molecule has 2 unspecified atom stereocenters. The predicted octanol–water partition coefficient (Wildman–Crippen LogP) is 9.89. The Balaban J connectivity index is 1.16. The number of benzene rings is 1. The Labute approximate surface area is 267 Å². The zero-order chi connectivity index (χ0) is 29.0. The summed E-state index contributed by atoms with van der Waals surface area (Å²) in [6.07, 6.45) is 27.8. The van der Waals surface area contributed by atoms with Gasteiger partial charge in [-0.15, -0.1) is 0 Å². The quantitative estimate of drug-likeness (QED) is 0.293. The van der Waals surface area contributed by atoms with Crippen LogP contribution in [0.5, 0.6) is 5.75 Å². The van der Waals surface area contributed by atoms with E-state index in [-0.39, 0.29) is 6.10 Å². The van der Waals surface area contributed by atoms with Crippen molar-refractivity contribution >= 4 is 0 Å². The van der Waals surface area contributed by atoms with Crippen LogP contribution in [0.3, 0.4) is 0 Å². The van der Waals surface area contributed by atoms with E-state index in [1.54, 1.807) is 38.5 Å². The highest BCUT2D eigenvalue weighted by Gasteiger charge is 2.61. The third kappa shape index (κ3) is 3.88. The molecule has 12 aliphatic carbocycles. The molecule has 0 aromatic heterocycles. The fraction of sp³-hybridized carbons (Fsp3) is 0.857. The van der Waals surface area contributed by atoms with Gasteiger partial charge >= 0.3 is 0 Å². The van der Waals surface area contributed by atoms with E-state index < -0.39 is 0 Å². The molecule has 1 saturated heterocycles. The van der Waals surface area contributed by atoms with Gasteiger partial charge in [-0.05, 0) is 203 Å². The molecule has 1 heterocycles. The van der Waals surface area contributed by atoms with Crippen LogP contribution in [0.15, 0.2) is 12.1 Å². The molecule has 0 amide bonds. The van der Waals surface area contributed by atoms with Gasteiger partial charge in [-0.1, -0.05) is 19.9 Å². The fourth-order valence-corrected chi connectivity index (χ4v) is 16.5. The molecular formula is C42H58O2. The van der Waals surface area contributed by atoms with E-state index >= 15 is 0 Å². The van der Waals surface area contributed by atoms with Crippen LogP contribution in [0.4, 0.5) is 0 Å². The van der Waals surface area contributed by atoms with Crippen molar-refractivity contribution < 1.29 is 9.47 Å². The summed E-state index contributed by atoms with van der Waals surface area (Å²) >= 11 is 0. The first-order chi connectivity index (χ1) is 21.3. The topological polar surface area (TPSA) is 21.8 Å². The molecule has 14 rings (SSSR count). The van der Waals surface area contributed by atoms with Gasteiger partial charge < -0.3 is 9.47 Å². The maximum Gasteiger partial charge on any atom is 0.129 e. The van der Waals surface area contributed by atoms with Crippen molar-refractivity contribution in [3.8, 4) is 5.75 Å². The Bertz CT molecular complexity index is 1240. The fourth-order valence-electron chi connectivity index (χ4n) is 16.5. The molecule has 2 nitrogen and oxygen atoms in total. The summed E-state index contributed by atoms with van der Waals surface area (Å²) < 4.78 is 13.5. The minimum absolute atomic E-state index is 0.192. The van der Waals surface area contributed by atoms with Gasteiger partial charge in [0.2, 0.25) is 0 Å². The van der Waals surface area contributed by atoms with Crippen molar-refractivity contribution in [2.24, 2.45) is 59.2 Å². The van der Waals surface area contributed by atoms with Gasteiger partial charge in [0, 0.05) is 11.0 Å². The minimum Gasteiger partial charge on any atom is -0.487 e. The molecular weight excluding hydrogens is 536 g/mol. The van der Waals surface area contributed by atoms with Crippen molar-refractivity contribution in [1.82, 2.24) is 0 Å². The number of hydrogen-bond donors (Lipinski definition) is 0. The minimum atomic E-state index is 0.192. The molecule has 13 aliphatic rings. The third-order valence-electron chi connectivity index (χ3n) is 16.6. The summed E-state index contributed by atoms with van der Waals surface area (Å²) in [5.74, 6) is 10.7. The van der Waals surface area contributed by atoms with Crippen LogP contribution in [0.1, 0.15) is 146 Å². The lowest BCUT2D eigenvalue weighted by molar-refractivity contribution is -0.0257. The van der Waals surface area contributed by atoms with Crippen molar-refractivity contribution in [2.75, 3.05) is 6.61 Å². The predicted molar refractivity (Wildman–Crippen MR) is 175 cm³/mol. The highest BCUT2D eigenvalue weighted by atomic mass is 16.6. The molecule has 238 valence electrons. The molecule has 44 heavy (non-hydrogen) atoms. The van der Waals surface area contributed by atoms with Crippen LogP contribution >= 0.6 is 0 Å². The Hall–Kier alpha value is -1.02. The smallest absolute Gasteiger partial charge is 0.129 e. The Kier molecular flexibility index (Phi) is 5.59. The molecule has 13 fully saturated rings. The van der Waals surface area contributed by atoms with Gasteiger partial charge in [0.15, 0.2) is 0 Å². The lowest BCUT2D eigenvalue weighted by atomic mass is 9.41. The summed E-state index contributed by atoms with van der Waals surface area (Å²) in [7, 11) is 0. The van der Waals surface area contributed by atoms with Crippen molar-refractivity contribution in [3.63, 3.8) is 0 Å². The van der Waals surface area contributed by atoms with Crippen LogP contribution in [-0.2, 0) is 21.0 Å². The van der Waals surface area contributed by atoms with Gasteiger partial charge in [0.05, 0.1) is 6.61 Å². The molecule has 2 atom stereocenters. The Morgan fingerprint density at radius 3 is 1.27 bits per heavy atom. The molecule has 0 radical (unpaired) electrons. The number of rotatable bonds is 7. The van der Waals surface area contributed by atoms with Crippen LogP contribution < -0.4 is 4.74 Å². The maximum atomic E-state index is 7.47. The van der Waals surface area contributed by atoms with E-state index in [0.717, 1.165) is 59.9 Å². The number of hydrogen-bond acceptors (Lipinski definition) is 2. The zero-order valence-corrected chi connectivity index (χ0v) is 27.8. The van der Waals surface area contributed by atoms with Gasteiger partial charge in [-0.2, -0.15) is 0 Å². The second kappa shape index (κ2) is 9.11. The van der Waals surface area contributed by atoms with E-state index in [9.17, 15) is 0 Å². The van der Waals surface area contributed by atoms with E-state index in [1.165, 1.54) is 82.8 Å². The first kappa shape index (κ1) is 27.0. The van der Waals surface area contributed by atoms with Crippen molar-refractivity contribution in [2.45, 2.75) is 158 Å². The second-order valence-electron chi connectivity index (χ2n) is 20.2. The molecule has 2 heteroatoms. The first-order valence-corrected chi connectivity index (χ1v) is 19.8. The summed E-state index contributed by atoms with van der Waals surface area (Å²) in [5.41, 5.74) is 7.00. The van der Waals surface area contributed by atoms with E-state index in [0.29, 0.717) is 28.3 Å². The average Bonchev–Trinajstić information content (AvgIpc) is 3.78. The molecule has 1 aromatic carbocycles. The lowest BCUT2D eigenvalue weighted by Crippen LogP contribution is -2.55. The largest absolute Gasteiger partial charge is 0.487 e. The summed E-state index contributed by atoms with van der Waals surface area (Å²) in [5, 5.41) is 0. The number of epoxide rings is 1. The highest BCUT2D eigenvalue weighted by Crippen LogP contribution is 2.70. The molecule has 12 bridgehead atoms. The Morgan fingerprint density at radius 1 is 0.545 bits per heavy atom. The van der Waals surface area contributed by atoms with Gasteiger partial charge in [0.1, 0.15) is 18.0 Å². The van der Waals surface area contributed by atoms with E-state index in [1.807, 2.05) is 16.7 Å². The molecule has 1 aromatic rings. The molecule has 0 spiro atoms. The van der Waals surface area contributed by atoms with Crippen molar-refractivity contribution in [3.05, 3.63) is 28.8 Å². The Morgan fingerprint density at radius 2 is 0.909 bits per heavy atom. The molecule has 12 saturated carbocycles. The summed E-state index contributed by atoms with van der Waals surface area (Å²) in [4.78, 5) is 0. The van der Waals surface area contributed by atoms with Crippen LogP contribution in [0.25, 0.3) is 0 Å².